The van der Waals surface area contributed by atoms with Crippen molar-refractivity contribution in [2.24, 2.45) is 0 Å². The molecule has 1 aliphatic carbocycles. The van der Waals surface area contributed by atoms with E-state index in [0.29, 0.717) is 0 Å². The Kier molecular flexibility index (Phi) is 2.22. The van der Waals surface area contributed by atoms with Crippen molar-refractivity contribution in [1.82, 2.24) is 9.55 Å². The summed E-state index contributed by atoms with van der Waals surface area (Å²) in [6, 6.07) is 4.60. The molecule has 1 atom stereocenters. The number of aromatic nitrogens is 2. The van der Waals surface area contributed by atoms with E-state index in [9.17, 15) is 14.4 Å². The first-order valence-corrected chi connectivity index (χ1v) is 6.78. The van der Waals surface area contributed by atoms with Crippen LogP contribution in [0.3, 0.4) is 0 Å². The molecule has 1 saturated carbocycles. The van der Waals surface area contributed by atoms with Crippen LogP contribution in [0.2, 0.25) is 0 Å². The summed E-state index contributed by atoms with van der Waals surface area (Å²) in [5.74, 6) is -1.38. The molecule has 0 radical (unpaired) electrons. The fourth-order valence-electron chi connectivity index (χ4n) is 2.81. The molecule has 6 nitrogen and oxygen atoms in total. The van der Waals surface area contributed by atoms with Crippen LogP contribution in [-0.2, 0) is 15.1 Å². The normalized spacial score (nSPS) is 25.5. The van der Waals surface area contributed by atoms with Crippen molar-refractivity contribution >= 4 is 28.2 Å². The van der Waals surface area contributed by atoms with E-state index < -0.39 is 37.1 Å². The fraction of sp³-hybridized carbons (Fsp3) is 0.375. The first-order chi connectivity index (χ1) is 12.1. The lowest BCUT2D eigenvalue weighted by Gasteiger charge is -2.34. The van der Waals surface area contributed by atoms with Crippen LogP contribution >= 0.6 is 0 Å². The number of nitrogens with two attached hydrogens (primary N) is 1. The summed E-state index contributed by atoms with van der Waals surface area (Å²) in [5, 5.41) is -0.00183. The third-order valence-corrected chi connectivity index (χ3v) is 3.97. The smallest absolute Gasteiger partial charge is 0.264 e. The van der Waals surface area contributed by atoms with Crippen LogP contribution in [0.4, 0.5) is 5.69 Å². The first kappa shape index (κ1) is 10.3. The SMILES string of the molecule is [2H]Cc1nc2cccc(N)c2c(=O)n1C1(C([2H])([2H])[2H])CCC(=O)CC1=O. The molecule has 0 amide bonds. The van der Waals surface area contributed by atoms with Gasteiger partial charge in [-0.15, -0.1) is 0 Å². The van der Waals surface area contributed by atoms with Crippen molar-refractivity contribution in [2.45, 2.75) is 38.6 Å². The summed E-state index contributed by atoms with van der Waals surface area (Å²) >= 11 is 0. The number of nitrogen functional groups attached to an aromatic ring is 1. The van der Waals surface area contributed by atoms with Gasteiger partial charge in [0.15, 0.2) is 5.78 Å². The number of fused-ring (bicyclic) bond motifs is 1. The highest BCUT2D eigenvalue weighted by atomic mass is 16.2. The Morgan fingerprint density at radius 2 is 2.18 bits per heavy atom. The van der Waals surface area contributed by atoms with Crippen LogP contribution in [0, 0.1) is 6.90 Å². The molecule has 1 fully saturated rings. The Bertz CT molecular complexity index is 983. The van der Waals surface area contributed by atoms with Crippen molar-refractivity contribution in [3.63, 3.8) is 0 Å². The third kappa shape index (κ3) is 1.94. The fourth-order valence-corrected chi connectivity index (χ4v) is 2.81. The Labute approximate surface area is 132 Å². The van der Waals surface area contributed by atoms with Gasteiger partial charge in [-0.25, -0.2) is 4.98 Å². The summed E-state index contributed by atoms with van der Waals surface area (Å²) in [5.41, 5.74) is 3.20. The second kappa shape index (κ2) is 4.76. The lowest BCUT2D eigenvalue weighted by molar-refractivity contribution is -0.136. The van der Waals surface area contributed by atoms with Crippen molar-refractivity contribution in [1.29, 1.82) is 0 Å². The Morgan fingerprint density at radius 3 is 2.86 bits per heavy atom. The topological polar surface area (TPSA) is 95.0 Å². The predicted octanol–water partition coefficient (Wildman–Crippen LogP) is 1.32. The van der Waals surface area contributed by atoms with Crippen molar-refractivity contribution in [3.8, 4) is 0 Å². The van der Waals surface area contributed by atoms with Gasteiger partial charge in [-0.3, -0.25) is 19.0 Å². The summed E-state index contributed by atoms with van der Waals surface area (Å²) in [6.45, 7) is -3.39. The lowest BCUT2D eigenvalue weighted by atomic mass is 9.81. The van der Waals surface area contributed by atoms with Crippen molar-refractivity contribution in [3.05, 3.63) is 34.4 Å². The summed E-state index contributed by atoms with van der Waals surface area (Å²) in [4.78, 5) is 41.8. The zero-order valence-corrected chi connectivity index (χ0v) is 11.8. The maximum Gasteiger partial charge on any atom is 0.264 e. The van der Waals surface area contributed by atoms with E-state index >= 15 is 0 Å². The van der Waals surface area contributed by atoms with Gasteiger partial charge < -0.3 is 5.73 Å². The Hall–Kier alpha value is -2.50. The number of aryl methyl sites for hydroxylation is 1. The molecule has 1 unspecified atom stereocenters. The Balaban J connectivity index is 2.46. The molecule has 6 heteroatoms. The van der Waals surface area contributed by atoms with Gasteiger partial charge in [0.2, 0.25) is 0 Å². The van der Waals surface area contributed by atoms with E-state index in [0.717, 1.165) is 4.57 Å². The van der Waals surface area contributed by atoms with Crippen LogP contribution in [0.15, 0.2) is 23.0 Å². The van der Waals surface area contributed by atoms with Gasteiger partial charge in [-0.2, -0.15) is 0 Å². The highest BCUT2D eigenvalue weighted by Gasteiger charge is 2.41. The minimum absolute atomic E-state index is 0.00183. The lowest BCUT2D eigenvalue weighted by Crippen LogP contribution is -2.49. The van der Waals surface area contributed by atoms with Gasteiger partial charge in [0.25, 0.3) is 5.56 Å². The quantitative estimate of drug-likeness (QED) is 0.633. The second-order valence-corrected chi connectivity index (χ2v) is 5.41. The minimum atomic E-state index is -2.89. The minimum Gasteiger partial charge on any atom is -0.398 e. The van der Waals surface area contributed by atoms with Crippen molar-refractivity contribution in [2.75, 3.05) is 5.73 Å². The average Bonchev–Trinajstić information content (AvgIpc) is 2.54. The molecule has 3 rings (SSSR count). The zero-order valence-electron chi connectivity index (χ0n) is 15.8. The van der Waals surface area contributed by atoms with Crippen molar-refractivity contribution < 1.29 is 15.1 Å². The average molecular weight is 303 g/mol. The van der Waals surface area contributed by atoms with Crippen LogP contribution in [0.25, 0.3) is 10.9 Å². The Morgan fingerprint density at radius 1 is 1.36 bits per heavy atom. The zero-order chi connectivity index (χ0) is 19.3. The molecule has 114 valence electrons. The predicted molar refractivity (Wildman–Crippen MR) is 82.7 cm³/mol. The number of Topliss-reactive ketones (excluding diaryl/α,β-unsaturated/α-hetero) is 2. The van der Waals surface area contributed by atoms with Gasteiger partial charge in [-0.05, 0) is 32.3 Å². The van der Waals surface area contributed by atoms with E-state index in [1.807, 2.05) is 0 Å². The largest absolute Gasteiger partial charge is 0.398 e. The molecule has 1 aromatic carbocycles. The number of rotatable bonds is 1. The van der Waals surface area contributed by atoms with Crippen LogP contribution in [0.5, 0.6) is 0 Å². The van der Waals surface area contributed by atoms with Gasteiger partial charge in [0, 0.05) is 17.6 Å². The summed E-state index contributed by atoms with van der Waals surface area (Å²) in [7, 11) is 0. The van der Waals surface area contributed by atoms with E-state index in [1.54, 1.807) is 6.07 Å². The summed E-state index contributed by atoms with van der Waals surface area (Å²) in [6.07, 6.45) is -1.05. The monoisotopic (exact) mass is 303 g/mol. The van der Waals surface area contributed by atoms with E-state index in [4.69, 9.17) is 11.2 Å². The second-order valence-electron chi connectivity index (χ2n) is 5.41. The van der Waals surface area contributed by atoms with Crippen LogP contribution in [-0.4, -0.2) is 21.1 Å². The highest BCUT2D eigenvalue weighted by molar-refractivity contribution is 6.05. The molecular formula is C16H17N3O3. The molecular weight excluding hydrogens is 282 g/mol. The molecule has 1 aromatic heterocycles. The molecule has 1 aliphatic rings. The van der Waals surface area contributed by atoms with Gasteiger partial charge >= 0.3 is 0 Å². The maximum absolute atomic E-state index is 13.2. The molecule has 0 aliphatic heterocycles. The maximum atomic E-state index is 13.2. The summed E-state index contributed by atoms with van der Waals surface area (Å²) < 4.78 is 32.4. The number of nitrogens with zero attached hydrogens (tertiary/aromatic N) is 2. The molecule has 2 N–H and O–H groups in total. The van der Waals surface area contributed by atoms with Crippen LogP contribution in [0.1, 0.15) is 37.4 Å². The molecule has 1 heterocycles. The van der Waals surface area contributed by atoms with Gasteiger partial charge in [-0.1, -0.05) is 6.07 Å². The number of hydrogen-bond donors (Lipinski definition) is 1. The van der Waals surface area contributed by atoms with Gasteiger partial charge in [0.05, 0.1) is 17.3 Å². The first-order valence-electron chi connectivity index (χ1n) is 8.99. The number of ketones is 2. The molecule has 22 heavy (non-hydrogen) atoms. The number of anilines is 1. The third-order valence-electron chi connectivity index (χ3n) is 3.97. The van der Waals surface area contributed by atoms with Crippen LogP contribution < -0.4 is 11.3 Å². The molecule has 0 bridgehead atoms. The van der Waals surface area contributed by atoms with E-state index in [1.165, 1.54) is 12.1 Å². The number of carbonyl (C=O) groups is 2. The standard InChI is InChI=1S/C16H17N3O3/c1-9-18-12-5-3-4-11(17)14(12)15(22)19(9)16(2)7-6-10(20)8-13(16)21/h3-5H,6-8,17H2,1-2H3/i1D,2D3. The molecule has 2 aromatic rings. The molecule has 0 saturated heterocycles. The number of hydrogen-bond acceptors (Lipinski definition) is 5. The number of benzene rings is 1. The van der Waals surface area contributed by atoms with E-state index in [2.05, 4.69) is 4.98 Å². The molecule has 0 spiro atoms. The highest BCUT2D eigenvalue weighted by Crippen LogP contribution is 2.30. The van der Waals surface area contributed by atoms with E-state index in [-0.39, 0.29) is 41.0 Å². The van der Waals surface area contributed by atoms with Gasteiger partial charge in [0.1, 0.15) is 17.1 Å². The number of carbonyl (C=O) groups excluding carboxylic acids is 2.